The molecule has 0 atom stereocenters. The zero-order chi connectivity index (χ0) is 17.0. The van der Waals surface area contributed by atoms with E-state index in [1.54, 1.807) is 0 Å². The quantitative estimate of drug-likeness (QED) is 0.469. The van der Waals surface area contributed by atoms with Crippen LogP contribution in [-0.4, -0.2) is 0 Å². The monoisotopic (exact) mass is 330 g/mol. The van der Waals surface area contributed by atoms with Gasteiger partial charge >= 0.3 is 0 Å². The van der Waals surface area contributed by atoms with E-state index < -0.39 is 0 Å². The second-order valence-electron chi connectivity index (χ2n) is 5.96. The van der Waals surface area contributed by atoms with Crippen molar-refractivity contribution in [1.82, 2.24) is 0 Å². The van der Waals surface area contributed by atoms with Crippen LogP contribution >= 0.6 is 0 Å². The third-order valence-electron chi connectivity index (χ3n) is 4.66. The normalized spacial score (nSPS) is 11.6. The summed E-state index contributed by atoms with van der Waals surface area (Å²) in [5, 5.41) is 5.85. The van der Waals surface area contributed by atoms with E-state index in [0.717, 1.165) is 43.5 Å². The van der Waals surface area contributed by atoms with E-state index >= 15 is 0 Å². The smallest absolute Gasteiger partial charge is 0.155 e. The summed E-state index contributed by atoms with van der Waals surface area (Å²) in [6.45, 7) is 0. The first-order valence-corrected chi connectivity index (χ1v) is 7.84. The highest BCUT2D eigenvalue weighted by Crippen LogP contribution is 2.41. The van der Waals surface area contributed by atoms with Crippen molar-refractivity contribution < 1.29 is 14.1 Å². The second kappa shape index (κ2) is 5.11. The van der Waals surface area contributed by atoms with Crippen LogP contribution in [0.1, 0.15) is 0 Å². The van der Waals surface area contributed by atoms with Gasteiger partial charge in [-0.15, -0.1) is 0 Å². The molecular weight excluding hydrogens is 316 g/mol. The summed E-state index contributed by atoms with van der Waals surface area (Å²) in [5.41, 5.74) is 1.59. The minimum absolute atomic E-state index is 0.588. The van der Waals surface area contributed by atoms with E-state index in [-0.39, 0.29) is 0 Å². The SMILES string of the molecule is NOc1ccc2ccc3oc4c5ccccc5c(ON)cc4c3c2c1. The van der Waals surface area contributed by atoms with E-state index in [4.69, 9.17) is 25.9 Å². The summed E-state index contributed by atoms with van der Waals surface area (Å²) in [4.78, 5) is 10.0. The molecule has 0 fully saturated rings. The highest BCUT2D eigenvalue weighted by Gasteiger charge is 2.16. The molecule has 5 nitrogen and oxygen atoms in total. The number of hydrogen-bond donors (Lipinski definition) is 2. The van der Waals surface area contributed by atoms with Crippen molar-refractivity contribution >= 4 is 43.5 Å². The lowest BCUT2D eigenvalue weighted by Gasteiger charge is -2.06. The molecule has 0 amide bonds. The maximum absolute atomic E-state index is 6.18. The van der Waals surface area contributed by atoms with Crippen molar-refractivity contribution in [2.75, 3.05) is 0 Å². The average molecular weight is 330 g/mol. The predicted octanol–water partition coefficient (Wildman–Crippen LogP) is 4.40. The van der Waals surface area contributed by atoms with Crippen LogP contribution in [0.2, 0.25) is 0 Å². The van der Waals surface area contributed by atoms with Crippen LogP contribution in [0, 0.1) is 0 Å². The van der Waals surface area contributed by atoms with Gasteiger partial charge in [-0.2, -0.15) is 11.8 Å². The predicted molar refractivity (Wildman–Crippen MR) is 98.4 cm³/mol. The van der Waals surface area contributed by atoms with Gasteiger partial charge in [-0.1, -0.05) is 36.4 Å². The van der Waals surface area contributed by atoms with E-state index in [0.29, 0.717) is 11.5 Å². The molecule has 5 rings (SSSR count). The summed E-state index contributed by atoms with van der Waals surface area (Å²) in [6, 6.07) is 19.5. The van der Waals surface area contributed by atoms with Crippen LogP contribution < -0.4 is 21.5 Å². The molecule has 5 aromatic rings. The van der Waals surface area contributed by atoms with Gasteiger partial charge < -0.3 is 14.1 Å². The molecule has 0 spiro atoms. The van der Waals surface area contributed by atoms with Gasteiger partial charge in [0.25, 0.3) is 0 Å². The summed E-state index contributed by atoms with van der Waals surface area (Å²) >= 11 is 0. The lowest BCUT2D eigenvalue weighted by atomic mass is 10.0. The number of nitrogens with two attached hydrogens (primary N) is 2. The molecule has 5 heteroatoms. The minimum Gasteiger partial charge on any atom is -0.455 e. The molecule has 1 aromatic heterocycles. The molecule has 0 aliphatic carbocycles. The third-order valence-corrected chi connectivity index (χ3v) is 4.66. The Morgan fingerprint density at radius 3 is 2.32 bits per heavy atom. The Kier molecular flexibility index (Phi) is 2.88. The van der Waals surface area contributed by atoms with Crippen molar-refractivity contribution in [1.29, 1.82) is 0 Å². The fraction of sp³-hybridized carbons (Fsp3) is 0. The molecule has 4 aromatic carbocycles. The number of benzene rings is 4. The number of hydrogen-bond acceptors (Lipinski definition) is 5. The summed E-state index contributed by atoms with van der Waals surface area (Å²) in [5.74, 6) is 12.0. The summed E-state index contributed by atoms with van der Waals surface area (Å²) in [7, 11) is 0. The molecule has 0 unspecified atom stereocenters. The van der Waals surface area contributed by atoms with Gasteiger partial charge in [-0.3, -0.25) is 0 Å². The molecule has 0 radical (unpaired) electrons. The van der Waals surface area contributed by atoms with E-state index in [9.17, 15) is 0 Å². The van der Waals surface area contributed by atoms with Gasteiger partial charge in [0, 0.05) is 21.5 Å². The average Bonchev–Trinajstić information content (AvgIpc) is 3.06. The van der Waals surface area contributed by atoms with Crippen molar-refractivity contribution in [2.45, 2.75) is 0 Å². The van der Waals surface area contributed by atoms with Crippen LogP contribution in [-0.2, 0) is 0 Å². The molecular formula is C20H14N2O3. The Balaban J connectivity index is 2.05. The third kappa shape index (κ3) is 1.91. The van der Waals surface area contributed by atoms with Gasteiger partial charge in [0.15, 0.2) is 5.75 Å². The second-order valence-corrected chi connectivity index (χ2v) is 5.96. The maximum atomic E-state index is 6.18. The lowest BCUT2D eigenvalue weighted by molar-refractivity contribution is 0.335. The van der Waals surface area contributed by atoms with Crippen molar-refractivity contribution in [3.05, 3.63) is 60.7 Å². The topological polar surface area (TPSA) is 83.6 Å². The van der Waals surface area contributed by atoms with Gasteiger partial charge in [0.2, 0.25) is 0 Å². The van der Waals surface area contributed by atoms with E-state index in [1.807, 2.05) is 60.7 Å². The van der Waals surface area contributed by atoms with Crippen LogP contribution in [0.5, 0.6) is 11.5 Å². The van der Waals surface area contributed by atoms with Crippen LogP contribution in [0.3, 0.4) is 0 Å². The number of furan rings is 1. The Bertz CT molecular complexity index is 1270. The van der Waals surface area contributed by atoms with Crippen LogP contribution in [0.25, 0.3) is 43.5 Å². The van der Waals surface area contributed by atoms with Gasteiger partial charge in [0.1, 0.15) is 16.9 Å². The Morgan fingerprint density at radius 2 is 1.52 bits per heavy atom. The molecule has 0 bridgehead atoms. The molecule has 1 heterocycles. The molecule has 4 N–H and O–H groups in total. The largest absolute Gasteiger partial charge is 0.455 e. The first-order chi connectivity index (χ1) is 12.3. The molecule has 0 aliphatic rings. The highest BCUT2D eigenvalue weighted by molar-refractivity contribution is 6.24. The van der Waals surface area contributed by atoms with E-state index in [2.05, 4.69) is 0 Å². The summed E-state index contributed by atoms with van der Waals surface area (Å²) in [6.07, 6.45) is 0. The maximum Gasteiger partial charge on any atom is 0.155 e. The lowest BCUT2D eigenvalue weighted by Crippen LogP contribution is -2.02. The number of rotatable bonds is 2. The van der Waals surface area contributed by atoms with E-state index in [1.165, 1.54) is 0 Å². The molecule has 0 saturated carbocycles. The Labute approximate surface area is 142 Å². The van der Waals surface area contributed by atoms with Gasteiger partial charge in [-0.05, 0) is 35.0 Å². The molecule has 0 aliphatic heterocycles. The Hall–Kier alpha value is -3.28. The molecule has 25 heavy (non-hydrogen) atoms. The van der Waals surface area contributed by atoms with Gasteiger partial charge in [0.05, 0.1) is 0 Å². The molecule has 122 valence electrons. The first kappa shape index (κ1) is 14.1. The first-order valence-electron chi connectivity index (χ1n) is 7.84. The Morgan fingerprint density at radius 1 is 0.720 bits per heavy atom. The zero-order valence-electron chi connectivity index (χ0n) is 13.2. The van der Waals surface area contributed by atoms with Crippen LogP contribution in [0.4, 0.5) is 0 Å². The van der Waals surface area contributed by atoms with Gasteiger partial charge in [-0.25, -0.2) is 0 Å². The standard InChI is InChI=1S/C20H14N2O3/c21-24-12-7-5-11-6-8-17-19(15(11)9-12)16-10-18(25-22)13-3-1-2-4-14(13)20(16)23-17/h1-10H,21-22H2. The highest BCUT2D eigenvalue weighted by atomic mass is 16.6. The van der Waals surface area contributed by atoms with Crippen molar-refractivity contribution in [2.24, 2.45) is 11.8 Å². The minimum atomic E-state index is 0.588. The fourth-order valence-corrected chi connectivity index (χ4v) is 3.53. The van der Waals surface area contributed by atoms with Crippen molar-refractivity contribution in [3.63, 3.8) is 0 Å². The van der Waals surface area contributed by atoms with Crippen molar-refractivity contribution in [3.8, 4) is 11.5 Å². The fourth-order valence-electron chi connectivity index (χ4n) is 3.53. The summed E-state index contributed by atoms with van der Waals surface area (Å²) < 4.78 is 6.18. The number of fused-ring (bicyclic) bond motifs is 7. The van der Waals surface area contributed by atoms with Crippen LogP contribution in [0.15, 0.2) is 65.1 Å². The molecule has 0 saturated heterocycles. The zero-order valence-corrected chi connectivity index (χ0v) is 13.2.